The summed E-state index contributed by atoms with van der Waals surface area (Å²) in [7, 11) is 0. The average Bonchev–Trinajstić information content (AvgIpc) is 2.69. The molecule has 2 aliphatic heterocycles. The molecule has 1 N–H and O–H groups in total. The van der Waals surface area contributed by atoms with E-state index in [0.29, 0.717) is 12.5 Å². The Kier molecular flexibility index (Phi) is 2.28. The molecule has 1 unspecified atom stereocenters. The number of fused-ring (bicyclic) bond motifs is 1. The van der Waals surface area contributed by atoms with Gasteiger partial charge in [0.15, 0.2) is 6.10 Å². The van der Waals surface area contributed by atoms with E-state index in [4.69, 9.17) is 9.94 Å². The smallest absolute Gasteiger partial charge is 0.360 e. The van der Waals surface area contributed by atoms with Crippen LogP contribution in [0, 0.1) is 0 Å². The molecule has 0 radical (unpaired) electrons. The summed E-state index contributed by atoms with van der Waals surface area (Å²) >= 11 is 0. The number of nitrogens with zero attached hydrogens (tertiary/aromatic N) is 3. The van der Waals surface area contributed by atoms with Crippen molar-refractivity contribution in [1.29, 1.82) is 0 Å². The Morgan fingerprint density at radius 2 is 2.36 bits per heavy atom. The minimum Gasteiger partial charge on any atom is -0.382 e. The number of hydrogen-bond acceptors (Lipinski definition) is 6. The van der Waals surface area contributed by atoms with Crippen LogP contribution >= 0.6 is 0 Å². The van der Waals surface area contributed by atoms with Crippen LogP contribution in [0.2, 0.25) is 0 Å². The number of aliphatic hydroxyl groups is 1. The molecule has 0 amide bonds. The Morgan fingerprint density at radius 3 is 3.07 bits per heavy atom. The van der Waals surface area contributed by atoms with E-state index in [-0.39, 0.29) is 0 Å². The molecule has 1 atom stereocenters. The van der Waals surface area contributed by atoms with E-state index in [9.17, 15) is 4.79 Å². The second-order valence-corrected chi connectivity index (χ2v) is 3.36. The highest BCUT2D eigenvalue weighted by molar-refractivity contribution is 5.84. The molecule has 0 spiro atoms. The molecule has 14 heavy (non-hydrogen) atoms. The lowest BCUT2D eigenvalue weighted by Crippen LogP contribution is -2.35. The zero-order valence-corrected chi connectivity index (χ0v) is 8.01. The van der Waals surface area contributed by atoms with Gasteiger partial charge in [0.2, 0.25) is 5.96 Å². The minimum absolute atomic E-state index is 0.622. The van der Waals surface area contributed by atoms with Crippen LogP contribution in [0.25, 0.3) is 0 Å². The third kappa shape index (κ3) is 1.52. The van der Waals surface area contributed by atoms with Gasteiger partial charge >= 0.3 is 5.97 Å². The number of carbonyl (C=O) groups is 1. The molecule has 1 saturated heterocycles. The molecule has 0 aromatic carbocycles. The highest BCUT2D eigenvalue weighted by atomic mass is 16.7. The molecule has 0 saturated carbocycles. The van der Waals surface area contributed by atoms with E-state index in [0.717, 1.165) is 19.6 Å². The molecule has 0 aromatic heterocycles. The lowest BCUT2D eigenvalue weighted by Gasteiger charge is -2.17. The third-order valence-electron chi connectivity index (χ3n) is 2.24. The fraction of sp³-hybridized carbons (Fsp3) is 0.750. The van der Waals surface area contributed by atoms with Gasteiger partial charge in [-0.2, -0.15) is 5.06 Å². The first-order chi connectivity index (χ1) is 6.68. The predicted octanol–water partition coefficient (Wildman–Crippen LogP) is -1.19. The summed E-state index contributed by atoms with van der Waals surface area (Å²) in [4.78, 5) is 22.3. The quantitative estimate of drug-likeness (QED) is 0.606. The van der Waals surface area contributed by atoms with E-state index in [2.05, 4.69) is 9.89 Å². The van der Waals surface area contributed by atoms with E-state index in [1.54, 1.807) is 0 Å². The van der Waals surface area contributed by atoms with E-state index in [1.807, 2.05) is 0 Å². The number of aliphatic imine (C=N–C) groups is 1. The summed E-state index contributed by atoms with van der Waals surface area (Å²) < 4.78 is 0. The molecule has 2 aliphatic rings. The van der Waals surface area contributed by atoms with Gasteiger partial charge < -0.3 is 14.8 Å². The molecule has 6 heteroatoms. The Bertz CT molecular complexity index is 277. The molecule has 1 fully saturated rings. The molecule has 6 nitrogen and oxygen atoms in total. The summed E-state index contributed by atoms with van der Waals surface area (Å²) in [6.07, 6.45) is -1.09. The first-order valence-electron chi connectivity index (χ1n) is 4.65. The molecular weight excluding hydrogens is 186 g/mol. The Morgan fingerprint density at radius 1 is 1.57 bits per heavy atom. The van der Waals surface area contributed by atoms with Crippen LogP contribution in [0.15, 0.2) is 4.99 Å². The summed E-state index contributed by atoms with van der Waals surface area (Å²) in [6, 6.07) is 0. The number of aliphatic hydroxyl groups excluding tert-OH is 1. The fourth-order valence-electron chi connectivity index (χ4n) is 1.50. The molecule has 78 valence electrons. The van der Waals surface area contributed by atoms with Crippen LogP contribution in [0.4, 0.5) is 0 Å². The number of hydrogen-bond donors (Lipinski definition) is 1. The van der Waals surface area contributed by atoms with Gasteiger partial charge in [0.25, 0.3) is 0 Å². The van der Waals surface area contributed by atoms with Crippen molar-refractivity contribution in [3.05, 3.63) is 0 Å². The number of carbonyl (C=O) groups excluding carboxylic acids is 1. The van der Waals surface area contributed by atoms with Crippen LogP contribution < -0.4 is 0 Å². The first-order valence-corrected chi connectivity index (χ1v) is 4.65. The standard InChI is InChI=1S/C8H13N3O3/c1-6(12)7(13)14-11-5-4-10-3-2-9-8(10)11/h6,12H,2-5H2,1H3. The van der Waals surface area contributed by atoms with E-state index < -0.39 is 12.1 Å². The molecular formula is C8H13N3O3. The van der Waals surface area contributed by atoms with Crippen LogP contribution in [-0.2, 0) is 9.63 Å². The number of hydroxylamine groups is 2. The van der Waals surface area contributed by atoms with Gasteiger partial charge in [0.1, 0.15) is 0 Å². The van der Waals surface area contributed by atoms with Crippen molar-refractivity contribution in [2.75, 3.05) is 26.2 Å². The van der Waals surface area contributed by atoms with Crippen molar-refractivity contribution in [3.63, 3.8) is 0 Å². The van der Waals surface area contributed by atoms with Crippen molar-refractivity contribution in [2.24, 2.45) is 4.99 Å². The molecule has 2 heterocycles. The maximum absolute atomic E-state index is 11.1. The van der Waals surface area contributed by atoms with Crippen LogP contribution in [-0.4, -0.2) is 59.3 Å². The van der Waals surface area contributed by atoms with Gasteiger partial charge in [-0.3, -0.25) is 0 Å². The third-order valence-corrected chi connectivity index (χ3v) is 2.24. The van der Waals surface area contributed by atoms with Crippen LogP contribution in [0.1, 0.15) is 6.92 Å². The van der Waals surface area contributed by atoms with Gasteiger partial charge in [-0.05, 0) is 6.92 Å². The SMILES string of the molecule is CC(O)C(=O)ON1CCN2CCN=C21. The zero-order valence-electron chi connectivity index (χ0n) is 8.01. The lowest BCUT2D eigenvalue weighted by atomic mass is 10.4. The second-order valence-electron chi connectivity index (χ2n) is 3.36. The maximum Gasteiger partial charge on any atom is 0.360 e. The maximum atomic E-state index is 11.1. The Balaban J connectivity index is 1.96. The highest BCUT2D eigenvalue weighted by Gasteiger charge is 2.32. The van der Waals surface area contributed by atoms with Crippen molar-refractivity contribution in [2.45, 2.75) is 13.0 Å². The van der Waals surface area contributed by atoms with E-state index in [1.165, 1.54) is 12.0 Å². The fourth-order valence-corrected chi connectivity index (χ4v) is 1.50. The molecule has 2 rings (SSSR count). The summed E-state index contributed by atoms with van der Waals surface area (Å²) in [5.74, 6) is 0.0699. The summed E-state index contributed by atoms with van der Waals surface area (Å²) in [5.41, 5.74) is 0. The summed E-state index contributed by atoms with van der Waals surface area (Å²) in [6.45, 7) is 4.46. The van der Waals surface area contributed by atoms with Crippen molar-refractivity contribution in [1.82, 2.24) is 9.96 Å². The molecule has 0 aromatic rings. The first kappa shape index (κ1) is 9.26. The lowest BCUT2D eigenvalue weighted by molar-refractivity contribution is -0.180. The zero-order chi connectivity index (χ0) is 10.1. The number of guanidine groups is 1. The second kappa shape index (κ2) is 3.45. The topological polar surface area (TPSA) is 65.4 Å². The van der Waals surface area contributed by atoms with Gasteiger partial charge in [-0.25, -0.2) is 9.79 Å². The monoisotopic (exact) mass is 199 g/mol. The van der Waals surface area contributed by atoms with Gasteiger partial charge in [-0.15, -0.1) is 0 Å². The van der Waals surface area contributed by atoms with Crippen molar-refractivity contribution < 1.29 is 14.7 Å². The molecule has 0 aliphatic carbocycles. The number of rotatable bonds is 2. The highest BCUT2D eigenvalue weighted by Crippen LogP contribution is 2.14. The van der Waals surface area contributed by atoms with Crippen molar-refractivity contribution in [3.8, 4) is 0 Å². The molecule has 0 bridgehead atoms. The normalized spacial score (nSPS) is 22.0. The average molecular weight is 199 g/mol. The van der Waals surface area contributed by atoms with Crippen LogP contribution in [0.3, 0.4) is 0 Å². The predicted molar refractivity (Wildman–Crippen MR) is 48.4 cm³/mol. The Labute approximate surface area is 81.7 Å². The van der Waals surface area contributed by atoms with E-state index >= 15 is 0 Å². The van der Waals surface area contributed by atoms with Crippen LogP contribution in [0.5, 0.6) is 0 Å². The van der Waals surface area contributed by atoms with Gasteiger partial charge in [-0.1, -0.05) is 0 Å². The Hall–Kier alpha value is -1.30. The van der Waals surface area contributed by atoms with Gasteiger partial charge in [0.05, 0.1) is 13.1 Å². The van der Waals surface area contributed by atoms with Gasteiger partial charge in [0, 0.05) is 13.1 Å². The largest absolute Gasteiger partial charge is 0.382 e. The minimum atomic E-state index is -1.09. The van der Waals surface area contributed by atoms with Crippen molar-refractivity contribution >= 4 is 11.9 Å². The summed E-state index contributed by atoms with van der Waals surface area (Å²) in [5, 5.41) is 10.4.